The SMILES string of the molecule is CCc1nc(Oc2cc(C(=O)Cc3ccccc3)ncn2)nc(N2CCN(C)CC2)n1. The van der Waals surface area contributed by atoms with Crippen molar-refractivity contribution in [3.63, 3.8) is 0 Å². The summed E-state index contributed by atoms with van der Waals surface area (Å²) in [6.45, 7) is 5.56. The van der Waals surface area contributed by atoms with Crippen LogP contribution in [0.1, 0.15) is 28.8 Å². The number of likely N-dealkylation sites (N-methyl/N-ethyl adjacent to an activating group) is 1. The van der Waals surface area contributed by atoms with E-state index in [0.29, 0.717) is 18.2 Å². The molecule has 1 saturated heterocycles. The summed E-state index contributed by atoms with van der Waals surface area (Å²) in [5, 5.41) is 0. The molecule has 4 rings (SSSR count). The van der Waals surface area contributed by atoms with Gasteiger partial charge in [-0.25, -0.2) is 9.97 Å². The summed E-state index contributed by atoms with van der Waals surface area (Å²) in [5.41, 5.74) is 1.22. The van der Waals surface area contributed by atoms with Crippen molar-refractivity contribution in [3.05, 3.63) is 59.8 Å². The Labute approximate surface area is 181 Å². The second-order valence-corrected chi connectivity index (χ2v) is 7.41. The zero-order valence-corrected chi connectivity index (χ0v) is 17.7. The molecule has 0 unspecified atom stereocenters. The minimum Gasteiger partial charge on any atom is -0.405 e. The maximum absolute atomic E-state index is 12.6. The van der Waals surface area contributed by atoms with Gasteiger partial charge < -0.3 is 14.5 Å². The van der Waals surface area contributed by atoms with E-state index in [4.69, 9.17) is 4.74 Å². The summed E-state index contributed by atoms with van der Waals surface area (Å²) in [5.74, 6) is 1.36. The van der Waals surface area contributed by atoms with Crippen molar-refractivity contribution >= 4 is 11.7 Å². The lowest BCUT2D eigenvalue weighted by atomic mass is 10.1. The van der Waals surface area contributed by atoms with Crippen LogP contribution in [0.25, 0.3) is 0 Å². The number of aryl methyl sites for hydroxylation is 1. The number of aromatic nitrogens is 5. The van der Waals surface area contributed by atoms with Gasteiger partial charge >= 0.3 is 6.01 Å². The first-order chi connectivity index (χ1) is 15.1. The first kappa shape index (κ1) is 20.8. The Bertz CT molecular complexity index is 1040. The van der Waals surface area contributed by atoms with Gasteiger partial charge in [-0.05, 0) is 12.6 Å². The minimum absolute atomic E-state index is 0.110. The van der Waals surface area contributed by atoms with E-state index in [1.165, 1.54) is 12.4 Å². The van der Waals surface area contributed by atoms with E-state index in [9.17, 15) is 4.79 Å². The molecule has 0 aliphatic carbocycles. The van der Waals surface area contributed by atoms with Gasteiger partial charge in [-0.3, -0.25) is 4.79 Å². The number of benzene rings is 1. The molecule has 1 fully saturated rings. The number of piperazine rings is 1. The molecule has 9 nitrogen and oxygen atoms in total. The molecule has 3 aromatic rings. The van der Waals surface area contributed by atoms with Gasteiger partial charge in [0.05, 0.1) is 0 Å². The quantitative estimate of drug-likeness (QED) is 0.534. The van der Waals surface area contributed by atoms with Crippen molar-refractivity contribution in [2.75, 3.05) is 38.1 Å². The standard InChI is InChI=1S/C22H25N7O2/c1-3-19-25-21(29-11-9-28(2)10-12-29)27-22(26-19)31-20-14-17(23-15-24-20)18(30)13-16-7-5-4-6-8-16/h4-8,14-15H,3,9-13H2,1-2H3. The summed E-state index contributed by atoms with van der Waals surface area (Å²) >= 11 is 0. The monoisotopic (exact) mass is 419 g/mol. The molecule has 160 valence electrons. The number of ether oxygens (including phenoxy) is 1. The van der Waals surface area contributed by atoms with E-state index < -0.39 is 0 Å². The van der Waals surface area contributed by atoms with Gasteiger partial charge in [0.2, 0.25) is 11.8 Å². The van der Waals surface area contributed by atoms with E-state index in [-0.39, 0.29) is 29.8 Å². The zero-order chi connectivity index (χ0) is 21.6. The lowest BCUT2D eigenvalue weighted by Crippen LogP contribution is -2.45. The van der Waals surface area contributed by atoms with Crippen LogP contribution in [-0.4, -0.2) is 68.8 Å². The molecular formula is C22H25N7O2. The summed E-state index contributed by atoms with van der Waals surface area (Å²) in [6, 6.07) is 11.2. The van der Waals surface area contributed by atoms with Gasteiger partial charge in [0, 0.05) is 45.1 Å². The molecule has 3 heterocycles. The van der Waals surface area contributed by atoms with Gasteiger partial charge in [-0.1, -0.05) is 37.3 Å². The number of carbonyl (C=O) groups excluding carboxylic acids is 1. The molecule has 0 bridgehead atoms. The maximum atomic E-state index is 12.6. The number of anilines is 1. The third-order valence-electron chi connectivity index (χ3n) is 5.08. The molecule has 31 heavy (non-hydrogen) atoms. The first-order valence-corrected chi connectivity index (χ1v) is 10.4. The highest BCUT2D eigenvalue weighted by Gasteiger charge is 2.19. The van der Waals surface area contributed by atoms with Crippen LogP contribution < -0.4 is 9.64 Å². The largest absolute Gasteiger partial charge is 0.405 e. The average Bonchev–Trinajstić information content (AvgIpc) is 2.80. The second kappa shape index (κ2) is 9.57. The number of rotatable bonds is 7. The van der Waals surface area contributed by atoms with Gasteiger partial charge in [-0.15, -0.1) is 0 Å². The molecule has 0 spiro atoms. The minimum atomic E-state index is -0.110. The summed E-state index contributed by atoms with van der Waals surface area (Å²) in [4.78, 5) is 38.6. The van der Waals surface area contributed by atoms with Crippen molar-refractivity contribution in [1.82, 2.24) is 29.8 Å². The van der Waals surface area contributed by atoms with Crippen molar-refractivity contribution < 1.29 is 9.53 Å². The Morgan fingerprint density at radius 1 is 1.03 bits per heavy atom. The van der Waals surface area contributed by atoms with E-state index in [1.807, 2.05) is 37.3 Å². The van der Waals surface area contributed by atoms with E-state index >= 15 is 0 Å². The molecular weight excluding hydrogens is 394 g/mol. The number of hydrogen-bond donors (Lipinski definition) is 0. The summed E-state index contributed by atoms with van der Waals surface area (Å²) in [6.07, 6.45) is 2.23. The average molecular weight is 419 g/mol. The predicted octanol–water partition coefficient (Wildman–Crippen LogP) is 2.19. The van der Waals surface area contributed by atoms with Crippen LogP contribution in [0.4, 0.5) is 5.95 Å². The van der Waals surface area contributed by atoms with Gasteiger partial charge in [0.1, 0.15) is 17.8 Å². The summed E-state index contributed by atoms with van der Waals surface area (Å²) in [7, 11) is 2.10. The van der Waals surface area contributed by atoms with Crippen LogP contribution in [-0.2, 0) is 12.8 Å². The van der Waals surface area contributed by atoms with Crippen LogP contribution in [0.2, 0.25) is 0 Å². The molecule has 1 aliphatic rings. The molecule has 1 aliphatic heterocycles. The third kappa shape index (κ3) is 5.37. The fourth-order valence-electron chi connectivity index (χ4n) is 3.25. The number of carbonyl (C=O) groups is 1. The lowest BCUT2D eigenvalue weighted by molar-refractivity contribution is 0.0987. The molecule has 0 radical (unpaired) electrons. The van der Waals surface area contributed by atoms with Crippen LogP contribution in [0.5, 0.6) is 11.9 Å². The number of hydrogen-bond acceptors (Lipinski definition) is 9. The maximum Gasteiger partial charge on any atom is 0.328 e. The Kier molecular flexibility index (Phi) is 6.42. The molecule has 0 saturated carbocycles. The Balaban J connectivity index is 1.51. The van der Waals surface area contributed by atoms with Crippen molar-refractivity contribution in [2.45, 2.75) is 19.8 Å². The van der Waals surface area contributed by atoms with E-state index in [1.54, 1.807) is 0 Å². The Hall–Kier alpha value is -3.46. The second-order valence-electron chi connectivity index (χ2n) is 7.41. The van der Waals surface area contributed by atoms with Crippen LogP contribution >= 0.6 is 0 Å². The highest BCUT2D eigenvalue weighted by atomic mass is 16.5. The van der Waals surface area contributed by atoms with Gasteiger partial charge in [0.25, 0.3) is 0 Å². The van der Waals surface area contributed by atoms with E-state index in [0.717, 1.165) is 31.7 Å². The number of nitrogens with zero attached hydrogens (tertiary/aromatic N) is 7. The van der Waals surface area contributed by atoms with Crippen LogP contribution in [0, 0.1) is 0 Å². The van der Waals surface area contributed by atoms with Crippen molar-refractivity contribution in [2.24, 2.45) is 0 Å². The van der Waals surface area contributed by atoms with Gasteiger partial charge in [-0.2, -0.15) is 15.0 Å². The van der Waals surface area contributed by atoms with Gasteiger partial charge in [0.15, 0.2) is 5.78 Å². The topological polar surface area (TPSA) is 97.2 Å². The molecule has 2 aromatic heterocycles. The van der Waals surface area contributed by atoms with E-state index in [2.05, 4.69) is 41.8 Å². The molecule has 0 atom stereocenters. The fraction of sp³-hybridized carbons (Fsp3) is 0.364. The molecule has 0 amide bonds. The normalized spacial score (nSPS) is 14.5. The first-order valence-electron chi connectivity index (χ1n) is 10.4. The zero-order valence-electron chi connectivity index (χ0n) is 17.7. The Morgan fingerprint density at radius 3 is 2.55 bits per heavy atom. The van der Waals surface area contributed by atoms with Crippen molar-refractivity contribution in [1.29, 1.82) is 0 Å². The summed E-state index contributed by atoms with van der Waals surface area (Å²) < 4.78 is 5.81. The van der Waals surface area contributed by atoms with Crippen LogP contribution in [0.15, 0.2) is 42.7 Å². The van der Waals surface area contributed by atoms with Crippen molar-refractivity contribution in [3.8, 4) is 11.9 Å². The molecule has 0 N–H and O–H groups in total. The molecule has 1 aromatic carbocycles. The molecule has 9 heteroatoms. The third-order valence-corrected chi connectivity index (χ3v) is 5.08. The highest BCUT2D eigenvalue weighted by Crippen LogP contribution is 2.20. The smallest absolute Gasteiger partial charge is 0.328 e. The lowest BCUT2D eigenvalue weighted by Gasteiger charge is -2.32. The predicted molar refractivity (Wildman–Crippen MR) is 115 cm³/mol. The fourth-order valence-corrected chi connectivity index (χ4v) is 3.25. The Morgan fingerprint density at radius 2 is 1.81 bits per heavy atom. The van der Waals surface area contributed by atoms with Crippen LogP contribution in [0.3, 0.4) is 0 Å². The number of ketones is 1. The number of Topliss-reactive ketones (excluding diaryl/α,β-unsaturated/α-hetero) is 1. The highest BCUT2D eigenvalue weighted by molar-refractivity contribution is 5.95.